The van der Waals surface area contributed by atoms with Gasteiger partial charge >= 0.3 is 0 Å². The van der Waals surface area contributed by atoms with Crippen LogP contribution >= 0.6 is 23.1 Å². The highest BCUT2D eigenvalue weighted by atomic mass is 32.2. The molecule has 8 nitrogen and oxygen atoms in total. The molecule has 1 fully saturated rings. The summed E-state index contributed by atoms with van der Waals surface area (Å²) in [7, 11) is 4.52. The van der Waals surface area contributed by atoms with Crippen molar-refractivity contribution in [2.45, 2.75) is 19.3 Å². The predicted molar refractivity (Wildman–Crippen MR) is 129 cm³/mol. The summed E-state index contributed by atoms with van der Waals surface area (Å²) in [5.74, 6) is 0.849. The van der Waals surface area contributed by atoms with Crippen LogP contribution in [0.25, 0.3) is 6.08 Å². The molecule has 2 aromatic rings. The average molecular weight is 491 g/mol. The van der Waals surface area contributed by atoms with E-state index in [-0.39, 0.29) is 29.1 Å². The van der Waals surface area contributed by atoms with E-state index in [0.29, 0.717) is 29.2 Å². The normalized spacial score (nSPS) is 14.6. The van der Waals surface area contributed by atoms with E-state index in [2.05, 4.69) is 5.32 Å². The van der Waals surface area contributed by atoms with Crippen LogP contribution < -0.4 is 19.5 Å². The molecule has 1 aliphatic heterocycles. The minimum atomic E-state index is -0.398. The number of carbonyl (C=O) groups excluding carboxylic acids is 3. The number of aryl methyl sites for hydroxylation is 1. The van der Waals surface area contributed by atoms with E-state index in [1.165, 1.54) is 26.2 Å². The van der Waals surface area contributed by atoms with Gasteiger partial charge in [0.15, 0.2) is 11.5 Å². The van der Waals surface area contributed by atoms with Crippen LogP contribution in [0.4, 0.5) is 4.79 Å². The van der Waals surface area contributed by atoms with E-state index >= 15 is 0 Å². The Bertz CT molecular complexity index is 1010. The number of hydrogen-bond donors (Lipinski definition) is 1. The molecule has 0 aliphatic carbocycles. The highest BCUT2D eigenvalue weighted by molar-refractivity contribution is 8.18. The van der Waals surface area contributed by atoms with Crippen LogP contribution in [0.2, 0.25) is 0 Å². The van der Waals surface area contributed by atoms with Crippen molar-refractivity contribution >= 4 is 46.2 Å². The van der Waals surface area contributed by atoms with Crippen LogP contribution in [0.3, 0.4) is 0 Å². The number of methoxy groups -OCH3 is 3. The fraction of sp³-hybridized carbons (Fsp3) is 0.348. The monoisotopic (exact) mass is 490 g/mol. The van der Waals surface area contributed by atoms with Crippen LogP contribution in [0, 0.1) is 0 Å². The Morgan fingerprint density at radius 3 is 2.45 bits per heavy atom. The van der Waals surface area contributed by atoms with Gasteiger partial charge in [0.1, 0.15) is 0 Å². The molecule has 2 heterocycles. The standard InChI is InChI=1S/C23H26N2O6S2/c1-29-17-12-15(13-18(30-2)21(17)31-3)14-19-22(27)25(23(28)33-19)10-9-24-20(26)8-4-6-16-7-5-11-32-16/h5,7,11-14H,4,6,8-10H2,1-3H3,(H,24,26)/b19-14-. The summed E-state index contributed by atoms with van der Waals surface area (Å²) in [6.07, 6.45) is 3.63. The largest absolute Gasteiger partial charge is 0.493 e. The molecule has 1 saturated heterocycles. The topological polar surface area (TPSA) is 94.2 Å². The molecular formula is C23H26N2O6S2. The highest BCUT2D eigenvalue weighted by Crippen LogP contribution is 2.40. The van der Waals surface area contributed by atoms with Crippen LogP contribution in [0.15, 0.2) is 34.6 Å². The van der Waals surface area contributed by atoms with Crippen LogP contribution in [0.5, 0.6) is 17.2 Å². The molecular weight excluding hydrogens is 464 g/mol. The fourth-order valence-corrected chi connectivity index (χ4v) is 4.92. The summed E-state index contributed by atoms with van der Waals surface area (Å²) in [5.41, 5.74) is 0.633. The number of nitrogens with one attached hydrogen (secondary N) is 1. The molecule has 10 heteroatoms. The lowest BCUT2D eigenvalue weighted by Crippen LogP contribution is -2.37. The van der Waals surface area contributed by atoms with Gasteiger partial charge in [0.2, 0.25) is 11.7 Å². The Hall–Kier alpha value is -2.98. The number of thioether (sulfide) groups is 1. The molecule has 1 aromatic heterocycles. The molecule has 0 atom stereocenters. The van der Waals surface area contributed by atoms with E-state index < -0.39 is 5.91 Å². The third-order valence-corrected chi connectivity index (χ3v) is 6.77. The Labute approximate surface area is 200 Å². The Balaban J connectivity index is 1.56. The minimum absolute atomic E-state index is 0.0912. The van der Waals surface area contributed by atoms with Gasteiger partial charge in [-0.3, -0.25) is 19.3 Å². The maximum absolute atomic E-state index is 12.7. The molecule has 3 amide bonds. The molecule has 1 aliphatic rings. The van der Waals surface area contributed by atoms with E-state index in [9.17, 15) is 14.4 Å². The molecule has 0 spiro atoms. The van der Waals surface area contributed by atoms with Gasteiger partial charge in [-0.15, -0.1) is 11.3 Å². The predicted octanol–water partition coefficient (Wildman–Crippen LogP) is 3.95. The van der Waals surface area contributed by atoms with Gasteiger partial charge in [0.05, 0.1) is 26.2 Å². The molecule has 1 N–H and O–H groups in total. The number of amides is 3. The lowest BCUT2D eigenvalue weighted by molar-refractivity contribution is -0.124. The number of benzene rings is 1. The van der Waals surface area contributed by atoms with E-state index in [1.54, 1.807) is 29.5 Å². The van der Waals surface area contributed by atoms with Crippen LogP contribution in [0.1, 0.15) is 23.3 Å². The molecule has 33 heavy (non-hydrogen) atoms. The molecule has 1 aromatic carbocycles. The van der Waals surface area contributed by atoms with Gasteiger partial charge in [-0.05, 0) is 59.8 Å². The average Bonchev–Trinajstić information content (AvgIpc) is 3.42. The van der Waals surface area contributed by atoms with Crippen molar-refractivity contribution in [3.05, 3.63) is 45.0 Å². The quantitative estimate of drug-likeness (QED) is 0.477. The Kier molecular flexibility index (Phi) is 8.79. The van der Waals surface area contributed by atoms with Crippen molar-refractivity contribution in [2.75, 3.05) is 34.4 Å². The molecule has 0 bridgehead atoms. The number of rotatable bonds is 11. The first-order chi connectivity index (χ1) is 16.0. The Morgan fingerprint density at radius 1 is 1.12 bits per heavy atom. The molecule has 0 unspecified atom stereocenters. The van der Waals surface area contributed by atoms with Crippen molar-refractivity contribution < 1.29 is 28.6 Å². The summed E-state index contributed by atoms with van der Waals surface area (Å²) in [5, 5.41) is 4.43. The molecule has 176 valence electrons. The van der Waals surface area contributed by atoms with E-state index in [4.69, 9.17) is 14.2 Å². The highest BCUT2D eigenvalue weighted by Gasteiger charge is 2.34. The summed E-state index contributed by atoms with van der Waals surface area (Å²) in [4.78, 5) is 39.8. The molecule has 0 saturated carbocycles. The third-order valence-electron chi connectivity index (χ3n) is 4.92. The van der Waals surface area contributed by atoms with Crippen molar-refractivity contribution in [3.63, 3.8) is 0 Å². The van der Waals surface area contributed by atoms with Crippen molar-refractivity contribution in [1.29, 1.82) is 0 Å². The molecule has 3 rings (SSSR count). The van der Waals surface area contributed by atoms with E-state index in [0.717, 1.165) is 29.5 Å². The first kappa shape index (κ1) is 24.7. The van der Waals surface area contributed by atoms with Crippen LogP contribution in [-0.2, 0) is 16.0 Å². The first-order valence-corrected chi connectivity index (χ1v) is 12.0. The maximum atomic E-state index is 12.7. The minimum Gasteiger partial charge on any atom is -0.493 e. The SMILES string of the molecule is COc1cc(/C=C2\SC(=O)N(CCNC(=O)CCCc3cccs3)C2=O)cc(OC)c1OC. The zero-order valence-electron chi connectivity index (χ0n) is 18.7. The number of imide groups is 1. The molecule has 0 radical (unpaired) electrons. The number of carbonyl (C=O) groups is 3. The zero-order chi connectivity index (χ0) is 23.8. The lowest BCUT2D eigenvalue weighted by atomic mass is 10.1. The number of hydrogen-bond acceptors (Lipinski definition) is 8. The second-order valence-electron chi connectivity index (χ2n) is 7.07. The smallest absolute Gasteiger partial charge is 0.293 e. The lowest BCUT2D eigenvalue weighted by Gasteiger charge is -2.13. The maximum Gasteiger partial charge on any atom is 0.293 e. The van der Waals surface area contributed by atoms with Gasteiger partial charge in [0, 0.05) is 24.4 Å². The summed E-state index contributed by atoms with van der Waals surface area (Å²) >= 11 is 2.53. The van der Waals surface area contributed by atoms with Gasteiger partial charge in [-0.1, -0.05) is 6.07 Å². The third kappa shape index (κ3) is 6.29. The number of ether oxygens (including phenoxy) is 3. The first-order valence-electron chi connectivity index (χ1n) is 10.3. The van der Waals surface area contributed by atoms with Gasteiger partial charge in [-0.2, -0.15) is 0 Å². The number of thiophene rings is 1. The summed E-state index contributed by atoms with van der Waals surface area (Å²) < 4.78 is 16.0. The van der Waals surface area contributed by atoms with Crippen molar-refractivity contribution in [3.8, 4) is 17.2 Å². The fourth-order valence-electron chi connectivity index (χ4n) is 3.30. The number of nitrogens with zero attached hydrogens (tertiary/aromatic N) is 1. The second-order valence-corrected chi connectivity index (χ2v) is 9.10. The van der Waals surface area contributed by atoms with Gasteiger partial charge in [-0.25, -0.2) is 0 Å². The van der Waals surface area contributed by atoms with Gasteiger partial charge < -0.3 is 19.5 Å². The summed E-state index contributed by atoms with van der Waals surface area (Å²) in [6.45, 7) is 0.335. The zero-order valence-corrected chi connectivity index (χ0v) is 20.3. The van der Waals surface area contributed by atoms with E-state index in [1.807, 2.05) is 17.5 Å². The Morgan fingerprint density at radius 2 is 1.85 bits per heavy atom. The van der Waals surface area contributed by atoms with Crippen LogP contribution in [-0.4, -0.2) is 56.4 Å². The van der Waals surface area contributed by atoms with Gasteiger partial charge in [0.25, 0.3) is 11.1 Å². The summed E-state index contributed by atoms with van der Waals surface area (Å²) in [6, 6.07) is 7.44. The second kappa shape index (κ2) is 11.8. The van der Waals surface area contributed by atoms with Crippen molar-refractivity contribution in [1.82, 2.24) is 10.2 Å². The van der Waals surface area contributed by atoms with Crippen molar-refractivity contribution in [2.24, 2.45) is 0 Å².